The van der Waals surface area contributed by atoms with Gasteiger partial charge in [0.05, 0.1) is 0 Å². The third-order valence-electron chi connectivity index (χ3n) is 3.06. The second kappa shape index (κ2) is 8.28. The molecule has 2 rings (SSSR count). The predicted octanol–water partition coefficient (Wildman–Crippen LogP) is 5.07. The van der Waals surface area contributed by atoms with Crippen LogP contribution in [0.25, 0.3) is 0 Å². The molecule has 112 valence electrons. The first-order valence-corrected chi connectivity index (χ1v) is 7.81. The van der Waals surface area contributed by atoms with Crippen molar-refractivity contribution in [1.82, 2.24) is 5.32 Å². The maximum atomic E-state index is 6.13. The van der Waals surface area contributed by atoms with E-state index in [1.54, 1.807) is 12.1 Å². The highest BCUT2D eigenvalue weighted by atomic mass is 35.5. The van der Waals surface area contributed by atoms with Gasteiger partial charge in [0.15, 0.2) is 0 Å². The number of halogens is 2. The summed E-state index contributed by atoms with van der Waals surface area (Å²) < 4.78 is 5.80. The molecule has 0 aliphatic rings. The van der Waals surface area contributed by atoms with Gasteiger partial charge in [0.25, 0.3) is 0 Å². The molecule has 0 saturated heterocycles. The van der Waals surface area contributed by atoms with Gasteiger partial charge in [-0.15, -0.1) is 0 Å². The molecule has 0 aromatic heterocycles. The Bertz CT molecular complexity index is 587. The zero-order chi connectivity index (χ0) is 15.1. The maximum absolute atomic E-state index is 6.13. The SMILES string of the molecule is CCCNCc1cccc(OCc2cc(Cl)ccc2Cl)c1. The summed E-state index contributed by atoms with van der Waals surface area (Å²) in [4.78, 5) is 0. The Labute approximate surface area is 136 Å². The number of nitrogens with one attached hydrogen (secondary N) is 1. The van der Waals surface area contributed by atoms with Crippen LogP contribution in [0, 0.1) is 0 Å². The minimum Gasteiger partial charge on any atom is -0.489 e. The van der Waals surface area contributed by atoms with Crippen LogP contribution in [0.2, 0.25) is 10.0 Å². The Hall–Kier alpha value is -1.22. The Kier molecular flexibility index (Phi) is 6.37. The highest BCUT2D eigenvalue weighted by molar-refractivity contribution is 6.33. The topological polar surface area (TPSA) is 21.3 Å². The summed E-state index contributed by atoms with van der Waals surface area (Å²) in [5.74, 6) is 0.835. The largest absolute Gasteiger partial charge is 0.489 e. The average molecular weight is 324 g/mol. The molecule has 0 atom stereocenters. The van der Waals surface area contributed by atoms with Crippen molar-refractivity contribution in [1.29, 1.82) is 0 Å². The fourth-order valence-electron chi connectivity index (χ4n) is 1.97. The number of benzene rings is 2. The molecule has 0 aliphatic heterocycles. The number of hydrogen-bond donors (Lipinski definition) is 1. The zero-order valence-electron chi connectivity index (χ0n) is 12.0. The van der Waals surface area contributed by atoms with Gasteiger partial charge < -0.3 is 10.1 Å². The van der Waals surface area contributed by atoms with Crippen LogP contribution in [0.5, 0.6) is 5.75 Å². The fourth-order valence-corrected chi connectivity index (χ4v) is 2.34. The Morgan fingerprint density at radius 1 is 1.10 bits per heavy atom. The molecule has 0 aliphatic carbocycles. The van der Waals surface area contributed by atoms with E-state index in [1.165, 1.54) is 5.56 Å². The lowest BCUT2D eigenvalue weighted by Gasteiger charge is -2.10. The van der Waals surface area contributed by atoms with Crippen LogP contribution in [-0.2, 0) is 13.2 Å². The Morgan fingerprint density at radius 3 is 2.76 bits per heavy atom. The van der Waals surface area contributed by atoms with Gasteiger partial charge in [-0.3, -0.25) is 0 Å². The van der Waals surface area contributed by atoms with Crippen molar-refractivity contribution in [3.63, 3.8) is 0 Å². The van der Waals surface area contributed by atoms with Crippen molar-refractivity contribution in [2.75, 3.05) is 6.54 Å². The van der Waals surface area contributed by atoms with Crippen LogP contribution in [0.4, 0.5) is 0 Å². The van der Waals surface area contributed by atoms with Crippen LogP contribution in [-0.4, -0.2) is 6.54 Å². The monoisotopic (exact) mass is 323 g/mol. The van der Waals surface area contributed by atoms with E-state index in [0.717, 1.165) is 30.8 Å². The summed E-state index contributed by atoms with van der Waals surface area (Å²) in [6, 6.07) is 13.5. The van der Waals surface area contributed by atoms with Gasteiger partial charge in [-0.2, -0.15) is 0 Å². The molecule has 2 aromatic carbocycles. The van der Waals surface area contributed by atoms with Crippen molar-refractivity contribution in [2.45, 2.75) is 26.5 Å². The quantitative estimate of drug-likeness (QED) is 0.718. The Balaban J connectivity index is 1.96. The standard InChI is InChI=1S/C17H19Cl2NO/c1-2-8-20-11-13-4-3-5-16(9-13)21-12-14-10-15(18)6-7-17(14)19/h3-7,9-10,20H,2,8,11-12H2,1H3. The molecule has 0 radical (unpaired) electrons. The van der Waals surface area contributed by atoms with Gasteiger partial charge in [-0.1, -0.05) is 42.3 Å². The van der Waals surface area contributed by atoms with Crippen molar-refractivity contribution in [2.24, 2.45) is 0 Å². The third-order valence-corrected chi connectivity index (χ3v) is 3.66. The molecule has 0 fully saturated rings. The highest BCUT2D eigenvalue weighted by Crippen LogP contribution is 2.23. The molecule has 2 nitrogen and oxygen atoms in total. The molecule has 4 heteroatoms. The van der Waals surface area contributed by atoms with Crippen LogP contribution in [0.3, 0.4) is 0 Å². The summed E-state index contributed by atoms with van der Waals surface area (Å²) in [5.41, 5.74) is 2.09. The van der Waals surface area contributed by atoms with Crippen LogP contribution in [0.15, 0.2) is 42.5 Å². The lowest BCUT2D eigenvalue weighted by Crippen LogP contribution is -2.13. The summed E-state index contributed by atoms with van der Waals surface area (Å²) in [5, 5.41) is 4.70. The van der Waals surface area contributed by atoms with E-state index in [-0.39, 0.29) is 0 Å². The molecule has 0 spiro atoms. The van der Waals surface area contributed by atoms with Gasteiger partial charge in [0.1, 0.15) is 12.4 Å². The van der Waals surface area contributed by atoms with Gasteiger partial charge in [-0.05, 0) is 48.9 Å². The minimum absolute atomic E-state index is 0.408. The Morgan fingerprint density at radius 2 is 1.95 bits per heavy atom. The molecule has 21 heavy (non-hydrogen) atoms. The summed E-state index contributed by atoms with van der Waals surface area (Å²) in [6.07, 6.45) is 1.13. The molecule has 0 heterocycles. The number of ether oxygens (including phenoxy) is 1. The maximum Gasteiger partial charge on any atom is 0.120 e. The summed E-state index contributed by atoms with van der Waals surface area (Å²) >= 11 is 12.1. The van der Waals surface area contributed by atoms with E-state index in [9.17, 15) is 0 Å². The first-order chi connectivity index (χ1) is 10.2. The van der Waals surface area contributed by atoms with Gasteiger partial charge >= 0.3 is 0 Å². The van der Waals surface area contributed by atoms with Gasteiger partial charge in [0.2, 0.25) is 0 Å². The summed E-state index contributed by atoms with van der Waals surface area (Å²) in [6.45, 7) is 4.43. The second-order valence-corrected chi connectivity index (χ2v) is 5.69. The van der Waals surface area contributed by atoms with Crippen LogP contribution < -0.4 is 10.1 Å². The number of rotatable bonds is 7. The lowest BCUT2D eigenvalue weighted by atomic mass is 10.2. The molecule has 0 bridgehead atoms. The van der Waals surface area contributed by atoms with E-state index in [1.807, 2.05) is 24.3 Å². The summed E-state index contributed by atoms with van der Waals surface area (Å²) in [7, 11) is 0. The highest BCUT2D eigenvalue weighted by Gasteiger charge is 2.03. The van der Waals surface area contributed by atoms with E-state index < -0.39 is 0 Å². The fraction of sp³-hybridized carbons (Fsp3) is 0.294. The van der Waals surface area contributed by atoms with Gasteiger partial charge in [0, 0.05) is 22.2 Å². The minimum atomic E-state index is 0.408. The zero-order valence-corrected chi connectivity index (χ0v) is 13.5. The lowest BCUT2D eigenvalue weighted by molar-refractivity contribution is 0.306. The molecule has 2 aromatic rings. The van der Waals surface area contributed by atoms with E-state index in [0.29, 0.717) is 16.7 Å². The average Bonchev–Trinajstić information content (AvgIpc) is 2.49. The predicted molar refractivity (Wildman–Crippen MR) is 89.2 cm³/mol. The van der Waals surface area contributed by atoms with Crippen molar-refractivity contribution in [3.8, 4) is 5.75 Å². The first kappa shape index (κ1) is 16.2. The molecule has 0 unspecified atom stereocenters. The number of hydrogen-bond acceptors (Lipinski definition) is 2. The van der Waals surface area contributed by atoms with Gasteiger partial charge in [-0.25, -0.2) is 0 Å². The molecule has 0 amide bonds. The normalized spacial score (nSPS) is 10.6. The van der Waals surface area contributed by atoms with Crippen molar-refractivity contribution < 1.29 is 4.74 Å². The van der Waals surface area contributed by atoms with E-state index in [4.69, 9.17) is 27.9 Å². The molecule has 0 saturated carbocycles. The van der Waals surface area contributed by atoms with Crippen molar-refractivity contribution >= 4 is 23.2 Å². The van der Waals surface area contributed by atoms with Crippen molar-refractivity contribution in [3.05, 3.63) is 63.6 Å². The van der Waals surface area contributed by atoms with Crippen LogP contribution >= 0.6 is 23.2 Å². The smallest absolute Gasteiger partial charge is 0.120 e. The first-order valence-electron chi connectivity index (χ1n) is 7.05. The molecular weight excluding hydrogens is 305 g/mol. The van der Waals surface area contributed by atoms with Crippen LogP contribution in [0.1, 0.15) is 24.5 Å². The molecular formula is C17H19Cl2NO. The molecule has 1 N–H and O–H groups in total. The van der Waals surface area contributed by atoms with E-state index >= 15 is 0 Å². The second-order valence-electron chi connectivity index (χ2n) is 4.85. The van der Waals surface area contributed by atoms with E-state index in [2.05, 4.69) is 18.3 Å². The third kappa shape index (κ3) is 5.24.